The Morgan fingerprint density at radius 1 is 1.12 bits per heavy atom. The lowest BCUT2D eigenvalue weighted by Gasteiger charge is -2.13. The molecule has 0 saturated heterocycles. The van der Waals surface area contributed by atoms with Gasteiger partial charge in [-0.2, -0.15) is 0 Å². The average Bonchev–Trinajstić information content (AvgIpc) is 2.65. The number of carbonyl (C=O) groups is 1. The number of hydrogen-bond acceptors (Lipinski definition) is 4. The zero-order valence-corrected chi connectivity index (χ0v) is 16.3. The number of nitrogens with zero attached hydrogens (tertiary/aromatic N) is 1. The predicted molar refractivity (Wildman–Crippen MR) is 105 cm³/mol. The van der Waals surface area contributed by atoms with Crippen molar-refractivity contribution in [1.29, 1.82) is 0 Å². The van der Waals surface area contributed by atoms with E-state index in [2.05, 4.69) is 34.8 Å². The SMILES string of the molecule is CN=C(NCCNC(=O)c1cccc(OC)c1)NCCOCCC(C)C. The van der Waals surface area contributed by atoms with E-state index in [0.29, 0.717) is 49.4 Å². The van der Waals surface area contributed by atoms with Crippen molar-refractivity contribution in [2.75, 3.05) is 47.0 Å². The Balaban J connectivity index is 2.17. The molecule has 146 valence electrons. The van der Waals surface area contributed by atoms with Gasteiger partial charge in [0.1, 0.15) is 5.75 Å². The molecule has 1 rings (SSSR count). The maximum Gasteiger partial charge on any atom is 0.251 e. The molecule has 1 aromatic rings. The lowest BCUT2D eigenvalue weighted by Crippen LogP contribution is -2.42. The van der Waals surface area contributed by atoms with Gasteiger partial charge in [0, 0.05) is 38.9 Å². The highest BCUT2D eigenvalue weighted by atomic mass is 16.5. The van der Waals surface area contributed by atoms with Gasteiger partial charge in [-0.1, -0.05) is 19.9 Å². The first-order valence-electron chi connectivity index (χ1n) is 9.01. The molecule has 1 aromatic carbocycles. The van der Waals surface area contributed by atoms with Gasteiger partial charge >= 0.3 is 0 Å². The second-order valence-corrected chi connectivity index (χ2v) is 6.21. The minimum absolute atomic E-state index is 0.132. The molecular formula is C19H32N4O3. The predicted octanol–water partition coefficient (Wildman–Crippen LogP) is 1.65. The minimum Gasteiger partial charge on any atom is -0.497 e. The van der Waals surface area contributed by atoms with Gasteiger partial charge in [0.25, 0.3) is 5.91 Å². The number of rotatable bonds is 11. The van der Waals surface area contributed by atoms with Crippen molar-refractivity contribution in [2.24, 2.45) is 10.9 Å². The number of methoxy groups -OCH3 is 1. The number of hydrogen-bond donors (Lipinski definition) is 3. The monoisotopic (exact) mass is 364 g/mol. The number of guanidine groups is 1. The van der Waals surface area contributed by atoms with Crippen LogP contribution in [-0.2, 0) is 4.74 Å². The van der Waals surface area contributed by atoms with Crippen molar-refractivity contribution in [1.82, 2.24) is 16.0 Å². The number of nitrogens with one attached hydrogen (secondary N) is 3. The summed E-state index contributed by atoms with van der Waals surface area (Å²) in [5.74, 6) is 1.88. The molecule has 7 nitrogen and oxygen atoms in total. The van der Waals surface area contributed by atoms with E-state index in [0.717, 1.165) is 13.0 Å². The molecule has 3 N–H and O–H groups in total. The highest BCUT2D eigenvalue weighted by Gasteiger charge is 2.06. The van der Waals surface area contributed by atoms with Gasteiger partial charge in [0.05, 0.1) is 13.7 Å². The third-order valence-electron chi connectivity index (χ3n) is 3.64. The van der Waals surface area contributed by atoms with E-state index in [1.165, 1.54) is 0 Å². The fourth-order valence-electron chi connectivity index (χ4n) is 2.11. The van der Waals surface area contributed by atoms with Crippen molar-refractivity contribution < 1.29 is 14.3 Å². The van der Waals surface area contributed by atoms with Crippen LogP contribution in [0.3, 0.4) is 0 Å². The fraction of sp³-hybridized carbons (Fsp3) is 0.579. The number of benzene rings is 1. The molecule has 0 saturated carbocycles. The van der Waals surface area contributed by atoms with Crippen molar-refractivity contribution in [3.63, 3.8) is 0 Å². The normalized spacial score (nSPS) is 11.3. The summed E-state index contributed by atoms with van der Waals surface area (Å²) in [7, 11) is 3.29. The number of ether oxygens (including phenoxy) is 2. The zero-order chi connectivity index (χ0) is 19.2. The van der Waals surface area contributed by atoms with Crippen LogP contribution < -0.4 is 20.7 Å². The Bertz CT molecular complexity index is 561. The largest absolute Gasteiger partial charge is 0.497 e. The summed E-state index contributed by atoms with van der Waals surface area (Å²) in [5.41, 5.74) is 0.574. The van der Waals surface area contributed by atoms with Crippen molar-refractivity contribution in [2.45, 2.75) is 20.3 Å². The summed E-state index contributed by atoms with van der Waals surface area (Å²) < 4.78 is 10.7. The molecular weight excluding hydrogens is 332 g/mol. The molecule has 0 aliphatic rings. The molecule has 1 amide bonds. The van der Waals surface area contributed by atoms with Crippen LogP contribution in [0.15, 0.2) is 29.3 Å². The highest BCUT2D eigenvalue weighted by molar-refractivity contribution is 5.94. The van der Waals surface area contributed by atoms with Gasteiger partial charge in [0.2, 0.25) is 0 Å². The number of amides is 1. The van der Waals surface area contributed by atoms with Crippen LogP contribution in [0.25, 0.3) is 0 Å². The quantitative estimate of drug-likeness (QED) is 0.316. The molecule has 0 unspecified atom stereocenters. The second-order valence-electron chi connectivity index (χ2n) is 6.21. The van der Waals surface area contributed by atoms with E-state index >= 15 is 0 Å². The Hall–Kier alpha value is -2.28. The Labute approximate surface area is 156 Å². The Kier molecular flexibility index (Phi) is 10.9. The summed E-state index contributed by atoms with van der Waals surface area (Å²) >= 11 is 0. The van der Waals surface area contributed by atoms with Crippen LogP contribution in [0.5, 0.6) is 5.75 Å². The van der Waals surface area contributed by atoms with Gasteiger partial charge < -0.3 is 25.4 Å². The summed E-state index contributed by atoms with van der Waals surface area (Å²) in [6, 6.07) is 7.06. The molecule has 26 heavy (non-hydrogen) atoms. The van der Waals surface area contributed by atoms with Crippen LogP contribution >= 0.6 is 0 Å². The van der Waals surface area contributed by atoms with E-state index in [9.17, 15) is 4.79 Å². The van der Waals surface area contributed by atoms with Gasteiger partial charge in [-0.05, 0) is 30.5 Å². The van der Waals surface area contributed by atoms with E-state index in [4.69, 9.17) is 9.47 Å². The first-order valence-corrected chi connectivity index (χ1v) is 9.01. The molecule has 0 atom stereocenters. The molecule has 0 spiro atoms. The molecule has 0 aliphatic heterocycles. The molecule has 0 aliphatic carbocycles. The summed E-state index contributed by atoms with van der Waals surface area (Å²) in [5, 5.41) is 9.19. The van der Waals surface area contributed by atoms with Crippen molar-refractivity contribution in [3.8, 4) is 5.75 Å². The average molecular weight is 364 g/mol. The van der Waals surface area contributed by atoms with Crippen LogP contribution in [0.4, 0.5) is 0 Å². The lowest BCUT2D eigenvalue weighted by molar-refractivity contribution is 0.0954. The highest BCUT2D eigenvalue weighted by Crippen LogP contribution is 2.12. The van der Waals surface area contributed by atoms with E-state index < -0.39 is 0 Å². The van der Waals surface area contributed by atoms with E-state index in [1.807, 2.05) is 0 Å². The van der Waals surface area contributed by atoms with Gasteiger partial charge in [0.15, 0.2) is 5.96 Å². The van der Waals surface area contributed by atoms with Crippen LogP contribution in [0.2, 0.25) is 0 Å². The first kappa shape index (κ1) is 21.8. The Morgan fingerprint density at radius 2 is 1.85 bits per heavy atom. The van der Waals surface area contributed by atoms with Gasteiger partial charge in [-0.15, -0.1) is 0 Å². The molecule has 0 heterocycles. The maximum atomic E-state index is 12.1. The van der Waals surface area contributed by atoms with Crippen molar-refractivity contribution in [3.05, 3.63) is 29.8 Å². The molecule has 7 heteroatoms. The molecule has 0 radical (unpaired) electrons. The van der Waals surface area contributed by atoms with Gasteiger partial charge in [-0.3, -0.25) is 9.79 Å². The summed E-state index contributed by atoms with van der Waals surface area (Å²) in [6.45, 7) is 7.53. The standard InChI is InChI=1S/C19H32N4O3/c1-15(2)8-12-26-13-11-23-19(20-3)22-10-9-21-18(24)16-6-5-7-17(14-16)25-4/h5-7,14-15H,8-13H2,1-4H3,(H,21,24)(H2,20,22,23). The fourth-order valence-corrected chi connectivity index (χ4v) is 2.11. The zero-order valence-electron chi connectivity index (χ0n) is 16.3. The second kappa shape index (κ2) is 13.0. The molecule has 0 fully saturated rings. The van der Waals surface area contributed by atoms with Crippen LogP contribution in [0.1, 0.15) is 30.6 Å². The minimum atomic E-state index is -0.132. The van der Waals surface area contributed by atoms with Gasteiger partial charge in [-0.25, -0.2) is 0 Å². The van der Waals surface area contributed by atoms with Crippen molar-refractivity contribution >= 4 is 11.9 Å². The molecule has 0 bridgehead atoms. The smallest absolute Gasteiger partial charge is 0.251 e. The van der Waals surface area contributed by atoms with Crippen LogP contribution in [0, 0.1) is 5.92 Å². The number of carbonyl (C=O) groups excluding carboxylic acids is 1. The summed E-state index contributed by atoms with van der Waals surface area (Å²) in [6.07, 6.45) is 1.07. The third-order valence-corrected chi connectivity index (χ3v) is 3.64. The maximum absolute atomic E-state index is 12.1. The van der Waals surface area contributed by atoms with E-state index in [1.54, 1.807) is 38.4 Å². The third kappa shape index (κ3) is 9.27. The number of aliphatic imine (C=N–C) groups is 1. The Morgan fingerprint density at radius 3 is 2.54 bits per heavy atom. The summed E-state index contributed by atoms with van der Waals surface area (Å²) in [4.78, 5) is 16.2. The van der Waals surface area contributed by atoms with Crippen LogP contribution in [-0.4, -0.2) is 58.9 Å². The van der Waals surface area contributed by atoms with E-state index in [-0.39, 0.29) is 5.91 Å². The lowest BCUT2D eigenvalue weighted by atomic mass is 10.1. The first-order chi connectivity index (χ1) is 12.6. The molecule has 0 aromatic heterocycles. The topological polar surface area (TPSA) is 84.0 Å².